The number of ether oxygens (including phenoxy) is 2. The second kappa shape index (κ2) is 17.0. The van der Waals surface area contributed by atoms with Crippen LogP contribution in [0, 0.1) is 20.2 Å². The van der Waals surface area contributed by atoms with Crippen LogP contribution >= 0.6 is 15.0 Å². The van der Waals surface area contributed by atoms with E-state index in [9.17, 15) is 43.8 Å². The van der Waals surface area contributed by atoms with E-state index in [4.69, 9.17) is 41.9 Å². The fourth-order valence-corrected chi connectivity index (χ4v) is 2.28. The van der Waals surface area contributed by atoms with Crippen LogP contribution in [0.2, 0.25) is 0 Å². The van der Waals surface area contributed by atoms with Crippen molar-refractivity contribution in [1.29, 1.82) is 0 Å². The standard InChI is InChI=1S/C9H9NO5.C9H7NO4.H2O5P2.H2O4S/c11-9(12)5-6-15-8-3-1-7(2-4-8)10(13)14;11-8-3-4-14-9-2-1-6(10(12)13)5-7(8)9;1-6(2)7(3,4)5;1-5(2,3)4/h1-4H,5-6H2,(H,11,12);1-2,5H,3-4H2;(H2,3,4,5);(H2,1,2,3,4). The number of carboxylic acids is 1. The molecule has 226 valence electrons. The Morgan fingerprint density at radius 3 is 1.93 bits per heavy atom. The van der Waals surface area contributed by atoms with E-state index in [1.165, 1.54) is 42.5 Å². The summed E-state index contributed by atoms with van der Waals surface area (Å²) in [5.74, 6) is -0.194. The van der Waals surface area contributed by atoms with Gasteiger partial charge in [0.1, 0.15) is 11.5 Å². The smallest absolute Gasteiger partial charge is 0.561 e. The Balaban J connectivity index is 0.000000568. The molecule has 23 heteroatoms. The molecule has 0 radical (unpaired) electrons. The second-order valence-corrected chi connectivity index (χ2v) is 11.8. The van der Waals surface area contributed by atoms with Crippen LogP contribution in [0.1, 0.15) is 23.2 Å². The van der Waals surface area contributed by atoms with E-state index in [2.05, 4.69) is 0 Å². The lowest BCUT2D eigenvalue weighted by molar-refractivity contribution is -0.385. The van der Waals surface area contributed by atoms with Crippen molar-refractivity contribution in [1.82, 2.24) is 0 Å². The lowest BCUT2D eigenvalue weighted by Crippen LogP contribution is -2.15. The lowest BCUT2D eigenvalue weighted by atomic mass is 10.0. The quantitative estimate of drug-likeness (QED) is 0.123. The van der Waals surface area contributed by atoms with Crippen LogP contribution < -0.4 is 14.4 Å². The van der Waals surface area contributed by atoms with Crippen LogP contribution in [0.25, 0.3) is 0 Å². The SMILES string of the molecule is O=C(O)CCOc1ccc([N+](=O)[O-])cc1.O=C1CCOc2ccc([N+](=O)[O-])cc21.O=S(=O)(O)O.O=[P+]([O-])P(=O)(O)O. The van der Waals surface area contributed by atoms with Crippen molar-refractivity contribution in [3.05, 3.63) is 68.3 Å². The van der Waals surface area contributed by atoms with Gasteiger partial charge in [0.25, 0.3) is 11.4 Å². The van der Waals surface area contributed by atoms with Gasteiger partial charge in [-0.05, 0) is 18.2 Å². The number of non-ortho nitro benzene ring substituents is 2. The molecule has 0 saturated carbocycles. The van der Waals surface area contributed by atoms with Crippen molar-refractivity contribution in [3.8, 4) is 11.5 Å². The third-order valence-corrected chi connectivity index (χ3v) is 5.61. The van der Waals surface area contributed by atoms with E-state index in [0.29, 0.717) is 23.7 Å². The Morgan fingerprint density at radius 2 is 1.51 bits per heavy atom. The number of carbonyl (C=O) groups is 2. The number of aliphatic carboxylic acids is 1. The number of nitro groups is 2. The fourth-order valence-electron chi connectivity index (χ4n) is 2.28. The molecule has 3 rings (SSSR count). The minimum Gasteiger partial charge on any atom is -0.588 e. The van der Waals surface area contributed by atoms with E-state index in [1.807, 2.05) is 0 Å². The number of Topliss-reactive ketones (excluding diaryl/α,β-unsaturated/α-hetero) is 1. The van der Waals surface area contributed by atoms with Crippen molar-refractivity contribution >= 4 is 48.5 Å². The number of fused-ring (bicyclic) bond motifs is 1. The van der Waals surface area contributed by atoms with Crippen molar-refractivity contribution in [2.75, 3.05) is 13.2 Å². The normalized spacial score (nSPS) is 12.2. The molecule has 1 aliphatic rings. The number of rotatable bonds is 7. The van der Waals surface area contributed by atoms with Crippen LogP contribution in [0.15, 0.2) is 42.5 Å². The Hall–Kier alpha value is -3.94. The van der Waals surface area contributed by atoms with E-state index in [0.717, 1.165) is 0 Å². The highest BCUT2D eigenvalue weighted by Gasteiger charge is 2.30. The molecule has 41 heavy (non-hydrogen) atoms. The molecule has 2 aromatic carbocycles. The van der Waals surface area contributed by atoms with E-state index < -0.39 is 41.2 Å². The maximum absolute atomic E-state index is 11.4. The first-order valence-electron chi connectivity index (χ1n) is 10.2. The van der Waals surface area contributed by atoms with E-state index in [1.54, 1.807) is 0 Å². The van der Waals surface area contributed by atoms with Crippen LogP contribution in [-0.4, -0.2) is 67.2 Å². The molecule has 20 nitrogen and oxygen atoms in total. The van der Waals surface area contributed by atoms with E-state index in [-0.39, 0.29) is 36.6 Å². The van der Waals surface area contributed by atoms with Gasteiger partial charge in [-0.15, -0.1) is 0 Å². The number of benzene rings is 2. The summed E-state index contributed by atoms with van der Waals surface area (Å²) in [7, 11) is -13.0. The average molecular weight is 646 g/mol. The number of nitrogens with zero attached hydrogens (tertiary/aromatic N) is 2. The first-order chi connectivity index (χ1) is 18.7. The van der Waals surface area contributed by atoms with Gasteiger partial charge in [0.2, 0.25) is 0 Å². The summed E-state index contributed by atoms with van der Waals surface area (Å²) in [6.07, 6.45) is 0.186. The summed E-state index contributed by atoms with van der Waals surface area (Å²) < 4.78 is 60.5. The Kier molecular flexibility index (Phi) is 15.4. The van der Waals surface area contributed by atoms with Gasteiger partial charge in [-0.1, -0.05) is 4.57 Å². The number of ketones is 1. The highest BCUT2D eigenvalue weighted by molar-refractivity contribution is 8.19. The highest BCUT2D eigenvalue weighted by Crippen LogP contribution is 2.56. The third-order valence-electron chi connectivity index (χ3n) is 3.91. The maximum atomic E-state index is 11.4. The van der Waals surface area contributed by atoms with Gasteiger partial charge in [-0.3, -0.25) is 48.7 Å². The number of hydrogen-bond acceptors (Lipinski definition) is 13. The van der Waals surface area contributed by atoms with Crippen LogP contribution in [0.4, 0.5) is 11.4 Å². The third kappa shape index (κ3) is 17.4. The van der Waals surface area contributed by atoms with Crippen molar-refractivity contribution in [2.45, 2.75) is 12.8 Å². The highest BCUT2D eigenvalue weighted by atomic mass is 32.3. The minimum absolute atomic E-state index is 0.0272. The molecule has 1 unspecified atom stereocenters. The molecule has 0 bridgehead atoms. The molecule has 1 heterocycles. The average Bonchev–Trinajstić information content (AvgIpc) is 2.83. The first kappa shape index (κ1) is 37.1. The summed E-state index contributed by atoms with van der Waals surface area (Å²) in [4.78, 5) is 65.7. The maximum Gasteiger partial charge on any atom is 0.561 e. The molecule has 1 aliphatic heterocycles. The van der Waals surface area contributed by atoms with Gasteiger partial charge in [-0.2, -0.15) is 8.42 Å². The number of carbonyl (C=O) groups excluding carboxylic acids is 1. The molecule has 0 fully saturated rings. The zero-order valence-electron chi connectivity index (χ0n) is 20.1. The number of hydrogen-bond donors (Lipinski definition) is 5. The Labute approximate surface area is 230 Å². The predicted octanol–water partition coefficient (Wildman–Crippen LogP) is 1.54. The molecular weight excluding hydrogens is 626 g/mol. The first-order valence-corrected chi connectivity index (χ1v) is 15.1. The zero-order chi connectivity index (χ0) is 32.0. The molecule has 5 N–H and O–H groups in total. The van der Waals surface area contributed by atoms with Crippen LogP contribution in [-0.2, 0) is 24.3 Å². The van der Waals surface area contributed by atoms with Gasteiger partial charge in [0.05, 0.1) is 35.0 Å². The summed E-state index contributed by atoms with van der Waals surface area (Å²) in [6.45, 7) is 0.400. The van der Waals surface area contributed by atoms with Crippen LogP contribution in [0.3, 0.4) is 0 Å². The number of carboxylic acid groups (broad SMARTS) is 1. The van der Waals surface area contributed by atoms with Gasteiger partial charge in [0.15, 0.2) is 5.78 Å². The van der Waals surface area contributed by atoms with Gasteiger partial charge < -0.3 is 19.5 Å². The van der Waals surface area contributed by atoms with Crippen molar-refractivity contribution in [3.63, 3.8) is 0 Å². The Morgan fingerprint density at radius 1 is 1.05 bits per heavy atom. The van der Waals surface area contributed by atoms with Gasteiger partial charge >= 0.3 is 31.4 Å². The zero-order valence-corrected chi connectivity index (χ0v) is 22.7. The summed E-state index contributed by atoms with van der Waals surface area (Å²) >= 11 is 0. The predicted molar refractivity (Wildman–Crippen MR) is 132 cm³/mol. The minimum atomic E-state index is -4.78. The summed E-state index contributed by atoms with van der Waals surface area (Å²) in [6, 6.07) is 9.52. The molecule has 0 saturated heterocycles. The largest absolute Gasteiger partial charge is 0.588 e. The topological polar surface area (TPSA) is 331 Å². The fraction of sp³-hybridized carbons (Fsp3) is 0.222. The molecule has 0 amide bonds. The molecule has 0 spiro atoms. The summed E-state index contributed by atoms with van der Waals surface area (Å²) in [5, 5.41) is 29.1. The van der Waals surface area contributed by atoms with Crippen LogP contribution in [0.5, 0.6) is 11.5 Å². The summed E-state index contributed by atoms with van der Waals surface area (Å²) in [5.41, 5.74) is 0.202. The van der Waals surface area contributed by atoms with Crippen molar-refractivity contribution in [2.24, 2.45) is 0 Å². The molecule has 2 aromatic rings. The van der Waals surface area contributed by atoms with Gasteiger partial charge in [-0.25, -0.2) is 4.57 Å². The second-order valence-electron chi connectivity index (χ2n) is 6.90. The Bertz CT molecular complexity index is 1400. The molecule has 0 aromatic heterocycles. The monoisotopic (exact) mass is 646 g/mol. The molecule has 1 atom stereocenters. The molecule has 0 aliphatic carbocycles. The number of nitro benzene ring substituents is 2. The van der Waals surface area contributed by atoms with Gasteiger partial charge in [0, 0.05) is 30.7 Å². The lowest BCUT2D eigenvalue weighted by Gasteiger charge is -2.15. The van der Waals surface area contributed by atoms with E-state index >= 15 is 0 Å². The van der Waals surface area contributed by atoms with Crippen molar-refractivity contribution < 1.29 is 75.3 Å². The molecular formula is C18H20N2O18P2S.